The van der Waals surface area contributed by atoms with Gasteiger partial charge < -0.3 is 10.6 Å². The van der Waals surface area contributed by atoms with Crippen molar-refractivity contribution in [3.05, 3.63) is 34.3 Å². The lowest BCUT2D eigenvalue weighted by Crippen LogP contribution is -2.08. The van der Waals surface area contributed by atoms with Gasteiger partial charge in [-0.1, -0.05) is 6.07 Å². The standard InChI is InChI=1S/C13H18N4S/c1-3-14-12-9-13(17-10(2)16-12)15-7-6-11-5-4-8-18-11/h4-5,8-9H,3,6-7H2,1-2H3,(H2,14,15,16,17). The lowest BCUT2D eigenvalue weighted by atomic mass is 10.3. The Balaban J connectivity index is 1.92. The van der Waals surface area contributed by atoms with Crippen LogP contribution in [0.4, 0.5) is 11.6 Å². The average molecular weight is 262 g/mol. The van der Waals surface area contributed by atoms with E-state index in [0.29, 0.717) is 0 Å². The van der Waals surface area contributed by atoms with Gasteiger partial charge in [-0.15, -0.1) is 11.3 Å². The molecule has 2 rings (SSSR count). The van der Waals surface area contributed by atoms with Gasteiger partial charge >= 0.3 is 0 Å². The van der Waals surface area contributed by atoms with E-state index in [1.807, 2.05) is 13.0 Å². The highest BCUT2D eigenvalue weighted by Gasteiger charge is 2.01. The highest BCUT2D eigenvalue weighted by Crippen LogP contribution is 2.12. The molecule has 0 aromatic carbocycles. The first kappa shape index (κ1) is 12.8. The summed E-state index contributed by atoms with van der Waals surface area (Å²) in [5, 5.41) is 8.65. The van der Waals surface area contributed by atoms with E-state index in [0.717, 1.165) is 37.0 Å². The minimum absolute atomic E-state index is 0.784. The number of hydrogen-bond acceptors (Lipinski definition) is 5. The van der Waals surface area contributed by atoms with E-state index in [-0.39, 0.29) is 0 Å². The lowest BCUT2D eigenvalue weighted by Gasteiger charge is -2.08. The summed E-state index contributed by atoms with van der Waals surface area (Å²) in [4.78, 5) is 10.1. The molecule has 96 valence electrons. The molecule has 0 spiro atoms. The van der Waals surface area contributed by atoms with Crippen molar-refractivity contribution in [2.75, 3.05) is 23.7 Å². The number of nitrogens with one attached hydrogen (secondary N) is 2. The second-order valence-electron chi connectivity index (χ2n) is 3.97. The van der Waals surface area contributed by atoms with Crippen LogP contribution in [0.5, 0.6) is 0 Å². The minimum atomic E-state index is 0.784. The van der Waals surface area contributed by atoms with Gasteiger partial charge in [0.2, 0.25) is 0 Å². The zero-order chi connectivity index (χ0) is 12.8. The Morgan fingerprint density at radius 3 is 2.67 bits per heavy atom. The number of nitrogens with zero attached hydrogens (tertiary/aromatic N) is 2. The molecule has 0 fully saturated rings. The molecule has 0 aliphatic heterocycles. The first-order valence-electron chi connectivity index (χ1n) is 6.13. The Kier molecular flexibility index (Phi) is 4.52. The highest BCUT2D eigenvalue weighted by molar-refractivity contribution is 7.09. The summed E-state index contributed by atoms with van der Waals surface area (Å²) in [6.45, 7) is 5.72. The van der Waals surface area contributed by atoms with E-state index in [1.165, 1.54) is 4.88 Å². The van der Waals surface area contributed by atoms with Gasteiger partial charge in [0.05, 0.1) is 0 Å². The molecular weight excluding hydrogens is 244 g/mol. The molecule has 0 aliphatic carbocycles. The fourth-order valence-corrected chi connectivity index (χ4v) is 2.41. The summed E-state index contributed by atoms with van der Waals surface area (Å²) in [5.41, 5.74) is 0. The van der Waals surface area contributed by atoms with Gasteiger partial charge in [0.25, 0.3) is 0 Å². The molecule has 2 aromatic rings. The third-order valence-corrected chi connectivity index (χ3v) is 3.39. The lowest BCUT2D eigenvalue weighted by molar-refractivity contribution is 0.989. The number of aromatic nitrogens is 2. The largest absolute Gasteiger partial charge is 0.370 e. The van der Waals surface area contributed by atoms with Gasteiger partial charge in [0.1, 0.15) is 17.5 Å². The molecule has 5 heteroatoms. The SMILES string of the molecule is CCNc1cc(NCCc2cccs2)nc(C)n1. The van der Waals surface area contributed by atoms with Gasteiger partial charge in [0, 0.05) is 24.0 Å². The summed E-state index contributed by atoms with van der Waals surface area (Å²) < 4.78 is 0. The van der Waals surface area contributed by atoms with Crippen LogP contribution in [-0.4, -0.2) is 23.1 Å². The van der Waals surface area contributed by atoms with Crippen LogP contribution in [0, 0.1) is 6.92 Å². The molecule has 0 radical (unpaired) electrons. The molecule has 2 N–H and O–H groups in total. The molecule has 0 aliphatic rings. The van der Waals surface area contributed by atoms with Crippen molar-refractivity contribution < 1.29 is 0 Å². The molecular formula is C13H18N4S. The van der Waals surface area contributed by atoms with E-state index < -0.39 is 0 Å². The zero-order valence-electron chi connectivity index (χ0n) is 10.7. The molecule has 0 bridgehead atoms. The van der Waals surface area contributed by atoms with Gasteiger partial charge in [-0.25, -0.2) is 9.97 Å². The Morgan fingerprint density at radius 2 is 2.00 bits per heavy atom. The maximum atomic E-state index is 4.38. The summed E-state index contributed by atoms with van der Waals surface area (Å²) >= 11 is 1.79. The molecule has 0 saturated carbocycles. The van der Waals surface area contributed by atoms with Crippen LogP contribution >= 0.6 is 11.3 Å². The topological polar surface area (TPSA) is 49.8 Å². The van der Waals surface area contributed by atoms with Crippen LogP contribution in [0.1, 0.15) is 17.6 Å². The van der Waals surface area contributed by atoms with Gasteiger partial charge in [-0.2, -0.15) is 0 Å². The third kappa shape index (κ3) is 3.70. The molecule has 2 heterocycles. The van der Waals surface area contributed by atoms with Crippen LogP contribution in [0.25, 0.3) is 0 Å². The summed E-state index contributed by atoms with van der Waals surface area (Å²) in [7, 11) is 0. The Morgan fingerprint density at radius 1 is 1.22 bits per heavy atom. The number of anilines is 2. The Hall–Kier alpha value is -1.62. The molecule has 0 saturated heterocycles. The van der Waals surface area contributed by atoms with Crippen molar-refractivity contribution in [3.8, 4) is 0 Å². The van der Waals surface area contributed by atoms with Crippen LogP contribution in [0.2, 0.25) is 0 Å². The van der Waals surface area contributed by atoms with E-state index >= 15 is 0 Å². The van der Waals surface area contributed by atoms with Crippen LogP contribution in [-0.2, 0) is 6.42 Å². The van der Waals surface area contributed by atoms with Crippen molar-refractivity contribution in [3.63, 3.8) is 0 Å². The van der Waals surface area contributed by atoms with E-state index in [4.69, 9.17) is 0 Å². The van der Waals surface area contributed by atoms with Crippen molar-refractivity contribution >= 4 is 23.0 Å². The number of thiophene rings is 1. The molecule has 0 amide bonds. The first-order chi connectivity index (χ1) is 8.78. The maximum absolute atomic E-state index is 4.38. The summed E-state index contributed by atoms with van der Waals surface area (Å²) in [5.74, 6) is 2.55. The minimum Gasteiger partial charge on any atom is -0.370 e. The smallest absolute Gasteiger partial charge is 0.131 e. The van der Waals surface area contributed by atoms with Crippen molar-refractivity contribution in [2.45, 2.75) is 20.3 Å². The summed E-state index contributed by atoms with van der Waals surface area (Å²) in [6, 6.07) is 6.19. The molecule has 4 nitrogen and oxygen atoms in total. The third-order valence-electron chi connectivity index (χ3n) is 2.45. The van der Waals surface area contributed by atoms with Crippen molar-refractivity contribution in [1.82, 2.24) is 9.97 Å². The summed E-state index contributed by atoms with van der Waals surface area (Å²) in [6.07, 6.45) is 1.03. The first-order valence-corrected chi connectivity index (χ1v) is 7.01. The van der Waals surface area contributed by atoms with Crippen molar-refractivity contribution in [1.29, 1.82) is 0 Å². The monoisotopic (exact) mass is 262 g/mol. The Bertz CT molecular complexity index is 482. The highest BCUT2D eigenvalue weighted by atomic mass is 32.1. The predicted octanol–water partition coefficient (Wildman–Crippen LogP) is 2.93. The molecule has 0 unspecified atom stereocenters. The average Bonchev–Trinajstić information content (AvgIpc) is 2.82. The van der Waals surface area contributed by atoms with Crippen LogP contribution in [0.15, 0.2) is 23.6 Å². The second kappa shape index (κ2) is 6.35. The van der Waals surface area contributed by atoms with E-state index in [1.54, 1.807) is 11.3 Å². The van der Waals surface area contributed by atoms with Crippen molar-refractivity contribution in [2.24, 2.45) is 0 Å². The fourth-order valence-electron chi connectivity index (χ4n) is 1.70. The quantitative estimate of drug-likeness (QED) is 0.840. The number of aryl methyl sites for hydroxylation is 1. The second-order valence-corrected chi connectivity index (χ2v) is 5.00. The van der Waals surface area contributed by atoms with Gasteiger partial charge in [-0.05, 0) is 31.7 Å². The maximum Gasteiger partial charge on any atom is 0.131 e. The zero-order valence-corrected chi connectivity index (χ0v) is 11.5. The number of hydrogen-bond donors (Lipinski definition) is 2. The Labute approximate surface area is 111 Å². The fraction of sp³-hybridized carbons (Fsp3) is 0.385. The van der Waals surface area contributed by atoms with E-state index in [9.17, 15) is 0 Å². The van der Waals surface area contributed by atoms with Gasteiger partial charge in [0.15, 0.2) is 0 Å². The molecule has 18 heavy (non-hydrogen) atoms. The molecule has 2 aromatic heterocycles. The van der Waals surface area contributed by atoms with Gasteiger partial charge in [-0.3, -0.25) is 0 Å². The predicted molar refractivity (Wildman–Crippen MR) is 77.4 cm³/mol. The normalized spacial score (nSPS) is 10.3. The van der Waals surface area contributed by atoms with Crippen LogP contribution < -0.4 is 10.6 Å². The number of rotatable bonds is 6. The van der Waals surface area contributed by atoms with Crippen LogP contribution in [0.3, 0.4) is 0 Å². The molecule has 0 atom stereocenters. The van der Waals surface area contributed by atoms with E-state index in [2.05, 4.69) is 45.0 Å².